The zero-order chi connectivity index (χ0) is 13.1. The lowest BCUT2D eigenvalue weighted by Gasteiger charge is -2.22. The summed E-state index contributed by atoms with van der Waals surface area (Å²) in [6.45, 7) is 3.32. The zero-order valence-electron chi connectivity index (χ0n) is 11.6. The Morgan fingerprint density at radius 2 is 2.05 bits per heavy atom. The maximum absolute atomic E-state index is 4.70. The van der Waals surface area contributed by atoms with Crippen LogP contribution in [-0.2, 0) is 6.54 Å². The van der Waals surface area contributed by atoms with E-state index in [0.717, 1.165) is 18.0 Å². The molecule has 19 heavy (non-hydrogen) atoms. The Morgan fingerprint density at radius 1 is 1.21 bits per heavy atom. The number of nitrogens with zero attached hydrogens (tertiary/aromatic N) is 1. The average molecular weight is 274 g/mol. The van der Waals surface area contributed by atoms with E-state index in [4.69, 9.17) is 4.98 Å². The first-order chi connectivity index (χ1) is 9.33. The molecule has 2 unspecified atom stereocenters. The van der Waals surface area contributed by atoms with Gasteiger partial charge in [-0.25, -0.2) is 4.98 Å². The van der Waals surface area contributed by atoms with Gasteiger partial charge < -0.3 is 5.32 Å². The summed E-state index contributed by atoms with van der Waals surface area (Å²) in [5, 5.41) is 4.96. The first-order valence-electron chi connectivity index (χ1n) is 7.41. The molecule has 1 saturated carbocycles. The molecule has 3 rings (SSSR count). The molecular formula is C16H22N2S. The molecule has 1 aliphatic carbocycles. The number of fused-ring (bicyclic) bond motifs is 1. The second-order valence-corrected chi connectivity index (χ2v) is 6.79. The van der Waals surface area contributed by atoms with Crippen molar-refractivity contribution in [2.24, 2.45) is 5.92 Å². The molecule has 0 spiro atoms. The van der Waals surface area contributed by atoms with E-state index in [9.17, 15) is 0 Å². The van der Waals surface area contributed by atoms with E-state index in [1.165, 1.54) is 41.8 Å². The molecule has 0 amide bonds. The van der Waals surface area contributed by atoms with E-state index in [0.29, 0.717) is 6.04 Å². The predicted octanol–water partition coefficient (Wildman–Crippen LogP) is 4.35. The van der Waals surface area contributed by atoms with Crippen molar-refractivity contribution in [2.45, 2.75) is 51.6 Å². The van der Waals surface area contributed by atoms with E-state index in [2.05, 4.69) is 36.5 Å². The highest BCUT2D eigenvalue weighted by atomic mass is 32.1. The first kappa shape index (κ1) is 13.1. The Labute approximate surface area is 119 Å². The molecular weight excluding hydrogens is 252 g/mol. The van der Waals surface area contributed by atoms with Gasteiger partial charge in [0.05, 0.1) is 10.2 Å². The minimum absolute atomic E-state index is 0.675. The van der Waals surface area contributed by atoms with Gasteiger partial charge in [0.25, 0.3) is 0 Å². The number of thiazole rings is 1. The lowest BCUT2D eigenvalue weighted by Crippen LogP contribution is -2.33. The fraction of sp³-hybridized carbons (Fsp3) is 0.562. The number of hydrogen-bond donors (Lipinski definition) is 1. The summed E-state index contributed by atoms with van der Waals surface area (Å²) in [6, 6.07) is 9.08. The summed E-state index contributed by atoms with van der Waals surface area (Å²) in [6.07, 6.45) is 6.88. The van der Waals surface area contributed by atoms with Crippen molar-refractivity contribution in [3.05, 3.63) is 29.3 Å². The lowest BCUT2D eigenvalue weighted by molar-refractivity contribution is 0.356. The highest BCUT2D eigenvalue weighted by molar-refractivity contribution is 7.18. The number of nitrogens with one attached hydrogen (secondary N) is 1. The van der Waals surface area contributed by atoms with Gasteiger partial charge in [-0.15, -0.1) is 11.3 Å². The fourth-order valence-corrected chi connectivity index (χ4v) is 3.93. The Balaban J connectivity index is 1.64. The van der Waals surface area contributed by atoms with Crippen LogP contribution in [0.25, 0.3) is 10.2 Å². The Kier molecular flexibility index (Phi) is 4.14. The van der Waals surface area contributed by atoms with Crippen molar-refractivity contribution in [1.29, 1.82) is 0 Å². The van der Waals surface area contributed by atoms with E-state index < -0.39 is 0 Å². The van der Waals surface area contributed by atoms with Gasteiger partial charge in [0.15, 0.2) is 0 Å². The minimum atomic E-state index is 0.675. The highest BCUT2D eigenvalue weighted by Crippen LogP contribution is 2.25. The molecule has 1 fully saturated rings. The lowest BCUT2D eigenvalue weighted by atomic mass is 9.97. The third-order valence-corrected chi connectivity index (χ3v) is 5.25. The van der Waals surface area contributed by atoms with Gasteiger partial charge in [0.2, 0.25) is 0 Å². The Bertz CT molecular complexity index is 501. The van der Waals surface area contributed by atoms with Crippen LogP contribution in [0.1, 0.15) is 44.0 Å². The molecule has 1 heterocycles. The Hall–Kier alpha value is -0.930. The van der Waals surface area contributed by atoms with E-state index in [-0.39, 0.29) is 0 Å². The summed E-state index contributed by atoms with van der Waals surface area (Å²) in [7, 11) is 0. The largest absolute Gasteiger partial charge is 0.307 e. The van der Waals surface area contributed by atoms with Gasteiger partial charge in [0.1, 0.15) is 5.01 Å². The summed E-state index contributed by atoms with van der Waals surface area (Å²) < 4.78 is 1.30. The molecule has 1 N–H and O–H groups in total. The molecule has 1 aromatic heterocycles. The van der Waals surface area contributed by atoms with Crippen LogP contribution < -0.4 is 5.32 Å². The summed E-state index contributed by atoms with van der Waals surface area (Å²) >= 11 is 1.82. The van der Waals surface area contributed by atoms with Crippen LogP contribution in [0.15, 0.2) is 24.3 Å². The third-order valence-electron chi connectivity index (χ3n) is 4.22. The average Bonchev–Trinajstić information content (AvgIpc) is 2.73. The molecule has 1 aromatic carbocycles. The quantitative estimate of drug-likeness (QED) is 0.841. The second kappa shape index (κ2) is 6.02. The first-order valence-corrected chi connectivity index (χ1v) is 8.22. The normalized spacial score (nSPS) is 24.5. The van der Waals surface area contributed by atoms with E-state index >= 15 is 0 Å². The van der Waals surface area contributed by atoms with Crippen LogP contribution >= 0.6 is 11.3 Å². The predicted molar refractivity (Wildman–Crippen MR) is 82.5 cm³/mol. The van der Waals surface area contributed by atoms with Gasteiger partial charge in [0, 0.05) is 12.6 Å². The Morgan fingerprint density at radius 3 is 2.95 bits per heavy atom. The van der Waals surface area contributed by atoms with Crippen LogP contribution in [0.4, 0.5) is 0 Å². The van der Waals surface area contributed by atoms with Crippen molar-refractivity contribution in [2.75, 3.05) is 0 Å². The monoisotopic (exact) mass is 274 g/mol. The van der Waals surface area contributed by atoms with Gasteiger partial charge in [-0.05, 0) is 30.9 Å². The SMILES string of the molecule is CC1CCCCCC1NCc1nc2ccccc2s1. The number of para-hydroxylation sites is 1. The summed E-state index contributed by atoms with van der Waals surface area (Å²) in [5.41, 5.74) is 1.14. The third kappa shape index (κ3) is 3.15. The standard InChI is InChI=1S/C16H22N2S/c1-12-7-3-2-4-8-13(12)17-11-16-18-14-9-5-6-10-15(14)19-16/h5-6,9-10,12-13,17H,2-4,7-8,11H2,1H3. The van der Waals surface area contributed by atoms with Crippen LogP contribution in [0.3, 0.4) is 0 Å². The van der Waals surface area contributed by atoms with Crippen LogP contribution in [0.2, 0.25) is 0 Å². The van der Waals surface area contributed by atoms with Crippen LogP contribution in [0.5, 0.6) is 0 Å². The molecule has 2 nitrogen and oxygen atoms in total. The van der Waals surface area contributed by atoms with Gasteiger partial charge in [-0.2, -0.15) is 0 Å². The van der Waals surface area contributed by atoms with Gasteiger partial charge >= 0.3 is 0 Å². The van der Waals surface area contributed by atoms with E-state index in [1.807, 2.05) is 11.3 Å². The van der Waals surface area contributed by atoms with Crippen molar-refractivity contribution >= 4 is 21.6 Å². The molecule has 3 heteroatoms. The zero-order valence-corrected chi connectivity index (χ0v) is 12.4. The molecule has 0 saturated heterocycles. The topological polar surface area (TPSA) is 24.9 Å². The molecule has 102 valence electrons. The van der Waals surface area contributed by atoms with Crippen LogP contribution in [-0.4, -0.2) is 11.0 Å². The van der Waals surface area contributed by atoms with Crippen molar-refractivity contribution < 1.29 is 0 Å². The number of aromatic nitrogens is 1. The number of rotatable bonds is 3. The van der Waals surface area contributed by atoms with Gasteiger partial charge in [-0.3, -0.25) is 0 Å². The molecule has 0 aliphatic heterocycles. The molecule has 0 radical (unpaired) electrons. The molecule has 0 bridgehead atoms. The highest BCUT2D eigenvalue weighted by Gasteiger charge is 2.19. The van der Waals surface area contributed by atoms with Crippen molar-refractivity contribution in [3.63, 3.8) is 0 Å². The van der Waals surface area contributed by atoms with Crippen molar-refractivity contribution in [1.82, 2.24) is 10.3 Å². The second-order valence-electron chi connectivity index (χ2n) is 5.68. The van der Waals surface area contributed by atoms with E-state index in [1.54, 1.807) is 0 Å². The smallest absolute Gasteiger partial charge is 0.108 e. The molecule has 1 aliphatic rings. The maximum Gasteiger partial charge on any atom is 0.108 e. The molecule has 2 aromatic rings. The number of hydrogen-bond acceptors (Lipinski definition) is 3. The van der Waals surface area contributed by atoms with Gasteiger partial charge in [-0.1, -0.05) is 38.3 Å². The summed E-state index contributed by atoms with van der Waals surface area (Å²) in [5.74, 6) is 0.803. The maximum atomic E-state index is 4.70. The van der Waals surface area contributed by atoms with Crippen LogP contribution in [0, 0.1) is 5.92 Å². The number of benzene rings is 1. The fourth-order valence-electron chi connectivity index (χ4n) is 3.01. The summed E-state index contributed by atoms with van der Waals surface area (Å²) in [4.78, 5) is 4.70. The molecule has 2 atom stereocenters. The minimum Gasteiger partial charge on any atom is -0.307 e. The van der Waals surface area contributed by atoms with Crippen molar-refractivity contribution in [3.8, 4) is 0 Å².